The van der Waals surface area contributed by atoms with Gasteiger partial charge in [-0.1, -0.05) is 61.8 Å². The summed E-state index contributed by atoms with van der Waals surface area (Å²) >= 11 is 7.59. The standard InChI is InChI=1S/C22H23ClN2O3S/c1-4-13(2)15-9-5-7-11-17(15)28-14(3)21(26)24-25-22(27)20-19(23)16-10-6-8-12-18(16)29-20/h5-14H,4H2,1-3H3,(H,24,26)(H,25,27). The van der Waals surface area contributed by atoms with Gasteiger partial charge in [-0.15, -0.1) is 11.3 Å². The zero-order valence-corrected chi connectivity index (χ0v) is 18.1. The number of hydrazine groups is 1. The van der Waals surface area contributed by atoms with Crippen molar-refractivity contribution in [2.75, 3.05) is 0 Å². The van der Waals surface area contributed by atoms with Crippen LogP contribution in [0.2, 0.25) is 5.02 Å². The molecule has 0 bridgehead atoms. The van der Waals surface area contributed by atoms with Crippen molar-refractivity contribution in [3.63, 3.8) is 0 Å². The van der Waals surface area contributed by atoms with Crippen molar-refractivity contribution in [2.24, 2.45) is 0 Å². The van der Waals surface area contributed by atoms with Gasteiger partial charge in [0.15, 0.2) is 6.10 Å². The molecule has 29 heavy (non-hydrogen) atoms. The molecule has 3 aromatic rings. The van der Waals surface area contributed by atoms with Crippen LogP contribution in [0.5, 0.6) is 5.75 Å². The Morgan fingerprint density at radius 1 is 1.07 bits per heavy atom. The normalized spacial score (nSPS) is 13.0. The second kappa shape index (κ2) is 9.29. The average molecular weight is 431 g/mol. The summed E-state index contributed by atoms with van der Waals surface area (Å²) in [6, 6.07) is 15.2. The number of carbonyl (C=O) groups excluding carboxylic acids is 2. The van der Waals surface area contributed by atoms with E-state index in [9.17, 15) is 9.59 Å². The molecule has 0 saturated carbocycles. The first-order valence-corrected chi connectivity index (χ1v) is 10.6. The lowest BCUT2D eigenvalue weighted by atomic mass is 9.98. The van der Waals surface area contributed by atoms with Crippen molar-refractivity contribution in [3.8, 4) is 5.75 Å². The molecule has 2 atom stereocenters. The van der Waals surface area contributed by atoms with Crippen molar-refractivity contribution >= 4 is 44.8 Å². The van der Waals surface area contributed by atoms with E-state index >= 15 is 0 Å². The van der Waals surface area contributed by atoms with Gasteiger partial charge in [-0.2, -0.15) is 0 Å². The van der Waals surface area contributed by atoms with E-state index in [-0.39, 0.29) is 0 Å². The molecule has 152 valence electrons. The maximum atomic E-state index is 12.5. The van der Waals surface area contributed by atoms with Crippen molar-refractivity contribution < 1.29 is 14.3 Å². The van der Waals surface area contributed by atoms with E-state index in [0.29, 0.717) is 21.6 Å². The van der Waals surface area contributed by atoms with Crippen molar-refractivity contribution in [2.45, 2.75) is 39.2 Å². The Balaban J connectivity index is 1.63. The summed E-state index contributed by atoms with van der Waals surface area (Å²) in [5.74, 6) is 0.0749. The van der Waals surface area contributed by atoms with Crippen molar-refractivity contribution in [3.05, 3.63) is 64.0 Å². The summed E-state index contributed by atoms with van der Waals surface area (Å²) < 4.78 is 6.76. The molecule has 2 amide bonds. The van der Waals surface area contributed by atoms with E-state index < -0.39 is 17.9 Å². The molecule has 0 fully saturated rings. The Bertz CT molecular complexity index is 1030. The third-order valence-corrected chi connectivity index (χ3v) is 6.45. The largest absolute Gasteiger partial charge is 0.481 e. The Kier molecular flexibility index (Phi) is 6.77. The second-order valence-electron chi connectivity index (χ2n) is 6.79. The molecule has 0 spiro atoms. The Labute approximate surface area is 179 Å². The van der Waals surface area contributed by atoms with Gasteiger partial charge >= 0.3 is 0 Å². The van der Waals surface area contributed by atoms with E-state index in [1.54, 1.807) is 6.92 Å². The molecule has 3 rings (SSSR count). The molecule has 7 heteroatoms. The van der Waals surface area contributed by atoms with E-state index in [2.05, 4.69) is 24.7 Å². The van der Waals surface area contributed by atoms with Crippen LogP contribution in [0.3, 0.4) is 0 Å². The number of fused-ring (bicyclic) bond motifs is 1. The van der Waals surface area contributed by atoms with Gasteiger partial charge in [0.2, 0.25) is 0 Å². The van der Waals surface area contributed by atoms with Crippen LogP contribution in [0.1, 0.15) is 48.3 Å². The number of benzene rings is 2. The van der Waals surface area contributed by atoms with E-state index in [0.717, 1.165) is 22.1 Å². The molecular weight excluding hydrogens is 408 g/mol. The predicted octanol–water partition coefficient (Wildman–Crippen LogP) is 5.30. The van der Waals surface area contributed by atoms with Gasteiger partial charge in [0.1, 0.15) is 10.6 Å². The molecule has 0 aliphatic rings. The molecule has 1 heterocycles. The number of halogens is 1. The summed E-state index contributed by atoms with van der Waals surface area (Å²) in [6.07, 6.45) is 0.186. The summed E-state index contributed by atoms with van der Waals surface area (Å²) in [4.78, 5) is 25.2. The Hall–Kier alpha value is -2.57. The third kappa shape index (κ3) is 4.71. The van der Waals surface area contributed by atoms with Gasteiger partial charge in [-0.05, 0) is 37.0 Å². The number of rotatable bonds is 6. The molecule has 2 unspecified atom stereocenters. The lowest BCUT2D eigenvalue weighted by Crippen LogP contribution is -2.47. The van der Waals surface area contributed by atoms with Crippen LogP contribution in [0.15, 0.2) is 48.5 Å². The van der Waals surface area contributed by atoms with Crippen LogP contribution in [0, 0.1) is 0 Å². The zero-order chi connectivity index (χ0) is 21.0. The molecule has 5 nitrogen and oxygen atoms in total. The number of hydrogen-bond acceptors (Lipinski definition) is 4. The second-order valence-corrected chi connectivity index (χ2v) is 8.22. The molecule has 0 radical (unpaired) electrons. The summed E-state index contributed by atoms with van der Waals surface area (Å²) in [5.41, 5.74) is 5.89. The molecule has 0 aliphatic heterocycles. The van der Waals surface area contributed by atoms with Crippen molar-refractivity contribution in [1.82, 2.24) is 10.9 Å². The molecule has 0 aliphatic carbocycles. The number of hydrogen-bond donors (Lipinski definition) is 2. The Morgan fingerprint density at radius 3 is 2.48 bits per heavy atom. The van der Waals surface area contributed by atoms with Crippen LogP contribution in [-0.2, 0) is 4.79 Å². The van der Waals surface area contributed by atoms with Gasteiger partial charge in [0.05, 0.1) is 5.02 Å². The van der Waals surface area contributed by atoms with E-state index in [1.807, 2.05) is 48.5 Å². The highest BCUT2D eigenvalue weighted by atomic mass is 35.5. The quantitative estimate of drug-likeness (QED) is 0.521. The lowest BCUT2D eigenvalue weighted by molar-refractivity contribution is -0.128. The minimum absolute atomic E-state index is 0.316. The molecular formula is C22H23ClN2O3S. The Morgan fingerprint density at radius 2 is 1.76 bits per heavy atom. The van der Waals surface area contributed by atoms with Crippen molar-refractivity contribution in [1.29, 1.82) is 0 Å². The van der Waals surface area contributed by atoms with Crippen LogP contribution >= 0.6 is 22.9 Å². The first-order chi connectivity index (χ1) is 13.9. The van der Waals surface area contributed by atoms with E-state index in [1.165, 1.54) is 11.3 Å². The van der Waals surface area contributed by atoms with Crippen LogP contribution in [0.4, 0.5) is 0 Å². The maximum Gasteiger partial charge on any atom is 0.281 e. The van der Waals surface area contributed by atoms with Crippen LogP contribution in [-0.4, -0.2) is 17.9 Å². The number of para-hydroxylation sites is 1. The molecule has 1 aromatic heterocycles. The van der Waals surface area contributed by atoms with Crippen LogP contribution < -0.4 is 15.6 Å². The number of amides is 2. The fourth-order valence-electron chi connectivity index (χ4n) is 2.90. The number of thiophene rings is 1. The lowest BCUT2D eigenvalue weighted by Gasteiger charge is -2.19. The highest BCUT2D eigenvalue weighted by molar-refractivity contribution is 7.21. The molecule has 2 N–H and O–H groups in total. The van der Waals surface area contributed by atoms with Gasteiger partial charge in [0, 0.05) is 10.1 Å². The highest BCUT2D eigenvalue weighted by Crippen LogP contribution is 2.35. The SMILES string of the molecule is CCC(C)c1ccccc1OC(C)C(=O)NNC(=O)c1sc2ccccc2c1Cl. The summed E-state index contributed by atoms with van der Waals surface area (Å²) in [6.45, 7) is 5.86. The third-order valence-electron chi connectivity index (χ3n) is 4.78. The summed E-state index contributed by atoms with van der Waals surface area (Å²) in [7, 11) is 0. The van der Waals surface area contributed by atoms with Gasteiger partial charge in [-0.25, -0.2) is 0 Å². The van der Waals surface area contributed by atoms with E-state index in [4.69, 9.17) is 16.3 Å². The maximum absolute atomic E-state index is 12.5. The van der Waals surface area contributed by atoms with Gasteiger partial charge in [-0.3, -0.25) is 20.4 Å². The monoisotopic (exact) mass is 430 g/mol. The number of nitrogens with one attached hydrogen (secondary N) is 2. The predicted molar refractivity (Wildman–Crippen MR) is 118 cm³/mol. The smallest absolute Gasteiger partial charge is 0.281 e. The van der Waals surface area contributed by atoms with Crippen LogP contribution in [0.25, 0.3) is 10.1 Å². The number of ether oxygens (including phenoxy) is 1. The first-order valence-electron chi connectivity index (χ1n) is 9.45. The molecule has 2 aromatic carbocycles. The average Bonchev–Trinajstić information content (AvgIpc) is 3.08. The van der Waals surface area contributed by atoms with Gasteiger partial charge < -0.3 is 4.74 Å². The fraction of sp³-hybridized carbons (Fsp3) is 0.273. The van der Waals surface area contributed by atoms with Gasteiger partial charge in [0.25, 0.3) is 11.8 Å². The first kappa shape index (κ1) is 21.1. The summed E-state index contributed by atoms with van der Waals surface area (Å²) in [5, 5.41) is 1.19. The highest BCUT2D eigenvalue weighted by Gasteiger charge is 2.21. The fourth-order valence-corrected chi connectivity index (χ4v) is 4.31. The topological polar surface area (TPSA) is 67.4 Å². The molecule has 0 saturated heterocycles. The number of carbonyl (C=O) groups is 2. The minimum Gasteiger partial charge on any atom is -0.481 e. The zero-order valence-electron chi connectivity index (χ0n) is 16.5. The minimum atomic E-state index is -0.779.